The van der Waals surface area contributed by atoms with E-state index in [4.69, 9.17) is 9.47 Å². The normalized spacial score (nSPS) is 19.6. The SMILES string of the molecule is COc1cc(OCCBr)ccc1[C@H]1C(C#N)=C(C)NC2=C1C(=O)CCC2. The number of ketones is 1. The van der Waals surface area contributed by atoms with Crippen molar-refractivity contribution in [3.63, 3.8) is 0 Å². The number of hydrogen-bond donors (Lipinski definition) is 1. The Morgan fingerprint density at radius 2 is 2.19 bits per heavy atom. The van der Waals surface area contributed by atoms with Crippen LogP contribution in [0, 0.1) is 11.3 Å². The Morgan fingerprint density at radius 1 is 1.38 bits per heavy atom. The molecule has 0 saturated heterocycles. The first-order valence-corrected chi connectivity index (χ1v) is 9.73. The van der Waals surface area contributed by atoms with Crippen molar-refractivity contribution in [1.29, 1.82) is 5.26 Å². The van der Waals surface area contributed by atoms with E-state index in [1.165, 1.54) is 0 Å². The Labute approximate surface area is 161 Å². The number of dihydropyridines is 1. The van der Waals surface area contributed by atoms with Crippen molar-refractivity contribution in [2.75, 3.05) is 19.0 Å². The Hall–Kier alpha value is -2.26. The quantitative estimate of drug-likeness (QED) is 0.735. The molecule has 0 bridgehead atoms. The molecule has 3 rings (SSSR count). The molecule has 0 amide bonds. The van der Waals surface area contributed by atoms with Crippen LogP contribution in [0.4, 0.5) is 0 Å². The zero-order valence-electron chi connectivity index (χ0n) is 14.9. The zero-order valence-corrected chi connectivity index (χ0v) is 16.5. The maximum Gasteiger partial charge on any atom is 0.161 e. The largest absolute Gasteiger partial charge is 0.496 e. The Bertz CT molecular complexity index is 836. The number of nitrogens with zero attached hydrogens (tertiary/aromatic N) is 1. The fourth-order valence-corrected chi connectivity index (χ4v) is 3.78. The highest BCUT2D eigenvalue weighted by Crippen LogP contribution is 2.45. The van der Waals surface area contributed by atoms with Gasteiger partial charge in [-0.05, 0) is 25.8 Å². The lowest BCUT2D eigenvalue weighted by molar-refractivity contribution is -0.116. The van der Waals surface area contributed by atoms with Gasteiger partial charge in [-0.3, -0.25) is 4.79 Å². The number of carbonyl (C=O) groups is 1. The van der Waals surface area contributed by atoms with Gasteiger partial charge < -0.3 is 14.8 Å². The molecule has 2 aliphatic rings. The smallest absolute Gasteiger partial charge is 0.161 e. The number of ether oxygens (including phenoxy) is 2. The summed E-state index contributed by atoms with van der Waals surface area (Å²) in [7, 11) is 1.59. The topological polar surface area (TPSA) is 71.3 Å². The van der Waals surface area contributed by atoms with E-state index in [0.717, 1.165) is 35.1 Å². The summed E-state index contributed by atoms with van der Waals surface area (Å²) in [5.41, 5.74) is 3.81. The molecule has 1 aliphatic carbocycles. The van der Waals surface area contributed by atoms with E-state index >= 15 is 0 Å². The van der Waals surface area contributed by atoms with Gasteiger partial charge in [0.05, 0.1) is 31.3 Å². The van der Waals surface area contributed by atoms with E-state index in [9.17, 15) is 10.1 Å². The number of methoxy groups -OCH3 is 1. The van der Waals surface area contributed by atoms with Crippen molar-refractivity contribution in [3.8, 4) is 17.6 Å². The fourth-order valence-electron chi connectivity index (χ4n) is 3.62. The lowest BCUT2D eigenvalue weighted by Crippen LogP contribution is -2.31. The monoisotopic (exact) mass is 416 g/mol. The first-order valence-electron chi connectivity index (χ1n) is 8.61. The molecular formula is C20H21BrN2O3. The van der Waals surface area contributed by atoms with Crippen LogP contribution in [-0.4, -0.2) is 24.8 Å². The van der Waals surface area contributed by atoms with Crippen LogP contribution in [0.2, 0.25) is 0 Å². The molecular weight excluding hydrogens is 396 g/mol. The Balaban J connectivity index is 2.12. The van der Waals surface area contributed by atoms with Crippen LogP contribution < -0.4 is 14.8 Å². The van der Waals surface area contributed by atoms with Gasteiger partial charge in [-0.25, -0.2) is 0 Å². The van der Waals surface area contributed by atoms with E-state index in [1.807, 2.05) is 25.1 Å². The van der Waals surface area contributed by atoms with Gasteiger partial charge in [0.25, 0.3) is 0 Å². The first kappa shape index (κ1) is 18.5. The summed E-state index contributed by atoms with van der Waals surface area (Å²) < 4.78 is 11.2. The molecule has 6 heteroatoms. The number of hydrogen-bond acceptors (Lipinski definition) is 5. The summed E-state index contributed by atoms with van der Waals surface area (Å²) in [4.78, 5) is 12.7. The minimum atomic E-state index is -0.399. The molecule has 136 valence electrons. The number of Topliss-reactive ketones (excluding diaryl/α,β-unsaturated/α-hetero) is 1. The molecule has 0 radical (unpaired) electrons. The van der Waals surface area contributed by atoms with E-state index in [1.54, 1.807) is 7.11 Å². The first-order chi connectivity index (χ1) is 12.6. The van der Waals surface area contributed by atoms with E-state index in [0.29, 0.717) is 35.7 Å². The molecule has 1 atom stereocenters. The molecule has 0 unspecified atom stereocenters. The number of nitrogens with one attached hydrogen (secondary N) is 1. The molecule has 0 spiro atoms. The zero-order chi connectivity index (χ0) is 18.7. The molecule has 1 aliphatic heterocycles. The summed E-state index contributed by atoms with van der Waals surface area (Å²) in [6, 6.07) is 7.87. The average Bonchev–Trinajstić information content (AvgIpc) is 2.65. The van der Waals surface area contributed by atoms with Crippen LogP contribution in [0.15, 0.2) is 40.7 Å². The molecule has 1 N–H and O–H groups in total. The van der Waals surface area contributed by atoms with Crippen molar-refractivity contribution in [2.24, 2.45) is 0 Å². The predicted molar refractivity (Wildman–Crippen MR) is 102 cm³/mol. The van der Waals surface area contributed by atoms with Gasteiger partial charge in [0, 0.05) is 40.3 Å². The number of rotatable bonds is 5. The van der Waals surface area contributed by atoms with Crippen LogP contribution in [0.5, 0.6) is 11.5 Å². The van der Waals surface area contributed by atoms with Crippen LogP contribution in [0.1, 0.15) is 37.7 Å². The summed E-state index contributed by atoms with van der Waals surface area (Å²) in [6.07, 6.45) is 2.18. The van der Waals surface area contributed by atoms with Crippen LogP contribution in [0.3, 0.4) is 0 Å². The molecule has 26 heavy (non-hydrogen) atoms. The van der Waals surface area contributed by atoms with Crippen molar-refractivity contribution in [2.45, 2.75) is 32.1 Å². The summed E-state index contributed by atoms with van der Waals surface area (Å²) in [6.45, 7) is 2.43. The Kier molecular flexibility index (Phi) is 5.67. The molecule has 0 fully saturated rings. The second-order valence-electron chi connectivity index (χ2n) is 6.32. The highest BCUT2D eigenvalue weighted by molar-refractivity contribution is 9.09. The highest BCUT2D eigenvalue weighted by Gasteiger charge is 2.37. The van der Waals surface area contributed by atoms with Crippen LogP contribution >= 0.6 is 15.9 Å². The maximum absolute atomic E-state index is 12.7. The van der Waals surface area contributed by atoms with E-state index < -0.39 is 5.92 Å². The van der Waals surface area contributed by atoms with Gasteiger partial charge in [0.1, 0.15) is 11.5 Å². The lowest BCUT2D eigenvalue weighted by Gasteiger charge is -2.33. The number of alkyl halides is 1. The van der Waals surface area contributed by atoms with Gasteiger partial charge in [-0.2, -0.15) is 5.26 Å². The third kappa shape index (κ3) is 3.36. The van der Waals surface area contributed by atoms with Gasteiger partial charge in [0.2, 0.25) is 0 Å². The van der Waals surface area contributed by atoms with Gasteiger partial charge in [0.15, 0.2) is 5.78 Å². The van der Waals surface area contributed by atoms with Crippen LogP contribution in [-0.2, 0) is 4.79 Å². The number of carbonyl (C=O) groups excluding carboxylic acids is 1. The van der Waals surface area contributed by atoms with Gasteiger partial charge in [-0.1, -0.05) is 22.0 Å². The van der Waals surface area contributed by atoms with Gasteiger partial charge in [-0.15, -0.1) is 0 Å². The van der Waals surface area contributed by atoms with E-state index in [-0.39, 0.29) is 5.78 Å². The summed E-state index contributed by atoms with van der Waals surface area (Å²) in [5, 5.41) is 13.8. The molecule has 1 aromatic carbocycles. The average molecular weight is 417 g/mol. The molecule has 5 nitrogen and oxygen atoms in total. The minimum absolute atomic E-state index is 0.102. The fraction of sp³-hybridized carbons (Fsp3) is 0.400. The summed E-state index contributed by atoms with van der Waals surface area (Å²) >= 11 is 3.34. The maximum atomic E-state index is 12.7. The van der Waals surface area contributed by atoms with Crippen molar-refractivity contribution >= 4 is 21.7 Å². The second kappa shape index (κ2) is 7.96. The molecule has 0 saturated carbocycles. The van der Waals surface area contributed by atoms with E-state index in [2.05, 4.69) is 27.3 Å². The predicted octanol–water partition coefficient (Wildman–Crippen LogP) is 3.96. The molecule has 1 aromatic rings. The van der Waals surface area contributed by atoms with Gasteiger partial charge >= 0.3 is 0 Å². The lowest BCUT2D eigenvalue weighted by atomic mass is 9.75. The number of allylic oxidation sites excluding steroid dienone is 4. The molecule has 0 aromatic heterocycles. The highest BCUT2D eigenvalue weighted by atomic mass is 79.9. The summed E-state index contributed by atoms with van der Waals surface area (Å²) in [5.74, 6) is 1.02. The second-order valence-corrected chi connectivity index (χ2v) is 7.11. The standard InChI is InChI=1S/C20H21BrN2O3/c1-12-15(11-22)19(20-16(23-12)4-3-5-17(20)24)14-7-6-13(26-9-8-21)10-18(14)25-2/h6-7,10,19,23H,3-5,8-9H2,1-2H3/t19-/m0/s1. The third-order valence-corrected chi connectivity index (χ3v) is 5.08. The molecule has 1 heterocycles. The third-order valence-electron chi connectivity index (χ3n) is 4.76. The minimum Gasteiger partial charge on any atom is -0.496 e. The van der Waals surface area contributed by atoms with Crippen molar-refractivity contribution in [3.05, 3.63) is 46.3 Å². The number of nitriles is 1. The van der Waals surface area contributed by atoms with Crippen LogP contribution in [0.25, 0.3) is 0 Å². The Morgan fingerprint density at radius 3 is 2.88 bits per heavy atom. The van der Waals surface area contributed by atoms with Crippen molar-refractivity contribution < 1.29 is 14.3 Å². The number of halogens is 1. The number of benzene rings is 1. The van der Waals surface area contributed by atoms with Crippen molar-refractivity contribution in [1.82, 2.24) is 5.32 Å².